The van der Waals surface area contributed by atoms with Gasteiger partial charge in [-0.2, -0.15) is 0 Å². The minimum Gasteiger partial charge on any atom is -0.508 e. The van der Waals surface area contributed by atoms with Crippen LogP contribution in [0.4, 0.5) is 0 Å². The highest BCUT2D eigenvalue weighted by Crippen LogP contribution is 2.24. The average Bonchev–Trinajstić information content (AvgIpc) is 2.10. The van der Waals surface area contributed by atoms with Gasteiger partial charge in [0.25, 0.3) is 0 Å². The Hall–Kier alpha value is -1.10. The summed E-state index contributed by atoms with van der Waals surface area (Å²) in [4.78, 5) is 4.46. The van der Waals surface area contributed by atoms with Crippen LogP contribution in [0.25, 0.3) is 0 Å². The monoisotopic (exact) mass is 169 g/mol. The maximum absolute atomic E-state index is 9.30. The van der Waals surface area contributed by atoms with Gasteiger partial charge in [0.1, 0.15) is 11.9 Å². The van der Waals surface area contributed by atoms with E-state index in [0.717, 1.165) is 0 Å². The molecule has 0 saturated carbocycles. The summed E-state index contributed by atoms with van der Waals surface area (Å²) in [6.45, 7) is -0.256. The van der Waals surface area contributed by atoms with E-state index in [1.165, 1.54) is 6.07 Å². The van der Waals surface area contributed by atoms with E-state index in [2.05, 4.69) is 4.84 Å². The zero-order valence-corrected chi connectivity index (χ0v) is 6.47. The van der Waals surface area contributed by atoms with Gasteiger partial charge in [0.2, 0.25) is 0 Å². The third kappa shape index (κ3) is 1.73. The highest BCUT2D eigenvalue weighted by atomic mass is 16.6. The Labute approximate surface area is 70.2 Å². The van der Waals surface area contributed by atoms with Gasteiger partial charge >= 0.3 is 0 Å². The smallest absolute Gasteiger partial charge is 0.130 e. The predicted molar refractivity (Wildman–Crippen MR) is 43.2 cm³/mol. The van der Waals surface area contributed by atoms with Crippen molar-refractivity contribution in [3.8, 4) is 5.75 Å². The number of hydrogen-bond donors (Lipinski definition) is 3. The standard InChI is InChI=1S/C8H11NO3/c9-12-8(5-10)6-3-1-2-4-7(6)11/h1-4,8,10-11H,5,9H2. The fourth-order valence-corrected chi connectivity index (χ4v) is 0.974. The molecule has 1 unspecified atom stereocenters. The van der Waals surface area contributed by atoms with E-state index in [-0.39, 0.29) is 12.4 Å². The molecule has 0 spiro atoms. The van der Waals surface area contributed by atoms with Crippen molar-refractivity contribution < 1.29 is 15.1 Å². The van der Waals surface area contributed by atoms with Gasteiger partial charge in [-0.15, -0.1) is 0 Å². The summed E-state index contributed by atoms with van der Waals surface area (Å²) in [6, 6.07) is 6.57. The summed E-state index contributed by atoms with van der Waals surface area (Å²) in [5, 5.41) is 18.1. The van der Waals surface area contributed by atoms with Crippen LogP contribution in [-0.4, -0.2) is 16.8 Å². The first-order chi connectivity index (χ1) is 5.79. The Morgan fingerprint density at radius 3 is 2.58 bits per heavy atom. The molecule has 0 aromatic heterocycles. The summed E-state index contributed by atoms with van der Waals surface area (Å²) >= 11 is 0. The molecule has 1 aromatic carbocycles. The second kappa shape index (κ2) is 4.06. The molecule has 1 aromatic rings. The van der Waals surface area contributed by atoms with Gasteiger partial charge in [-0.3, -0.25) is 4.84 Å². The molecule has 0 heterocycles. The third-order valence-corrected chi connectivity index (χ3v) is 1.61. The molecular formula is C8H11NO3. The molecule has 0 aliphatic rings. The number of phenols is 1. The fraction of sp³-hybridized carbons (Fsp3) is 0.250. The van der Waals surface area contributed by atoms with Crippen LogP contribution in [0.5, 0.6) is 5.75 Å². The van der Waals surface area contributed by atoms with Gasteiger partial charge in [-0.25, -0.2) is 5.90 Å². The molecule has 1 atom stereocenters. The van der Waals surface area contributed by atoms with Gasteiger partial charge in [-0.05, 0) is 6.07 Å². The summed E-state index contributed by atoms with van der Waals surface area (Å²) < 4.78 is 0. The van der Waals surface area contributed by atoms with Gasteiger partial charge in [0, 0.05) is 5.56 Å². The quantitative estimate of drug-likeness (QED) is 0.569. The lowest BCUT2D eigenvalue weighted by Gasteiger charge is -2.12. The highest BCUT2D eigenvalue weighted by molar-refractivity contribution is 5.33. The number of rotatable bonds is 3. The van der Waals surface area contributed by atoms with Crippen molar-refractivity contribution in [3.05, 3.63) is 29.8 Å². The number of aromatic hydroxyl groups is 1. The highest BCUT2D eigenvalue weighted by Gasteiger charge is 2.12. The molecule has 12 heavy (non-hydrogen) atoms. The number of para-hydroxylation sites is 1. The van der Waals surface area contributed by atoms with E-state index >= 15 is 0 Å². The van der Waals surface area contributed by atoms with Crippen molar-refractivity contribution in [1.82, 2.24) is 0 Å². The van der Waals surface area contributed by atoms with Crippen molar-refractivity contribution >= 4 is 0 Å². The summed E-state index contributed by atoms with van der Waals surface area (Å²) in [5.74, 6) is 4.98. The second-order valence-electron chi connectivity index (χ2n) is 2.37. The summed E-state index contributed by atoms with van der Waals surface area (Å²) in [5.41, 5.74) is 0.488. The molecule has 4 N–H and O–H groups in total. The number of benzene rings is 1. The Balaban J connectivity index is 2.92. The van der Waals surface area contributed by atoms with Crippen molar-refractivity contribution in [2.75, 3.05) is 6.61 Å². The van der Waals surface area contributed by atoms with Gasteiger partial charge in [-0.1, -0.05) is 18.2 Å². The van der Waals surface area contributed by atoms with E-state index in [1.807, 2.05) is 0 Å². The van der Waals surface area contributed by atoms with E-state index in [4.69, 9.17) is 11.0 Å². The molecule has 66 valence electrons. The first kappa shape index (κ1) is 8.99. The fourth-order valence-electron chi connectivity index (χ4n) is 0.974. The molecule has 0 aliphatic heterocycles. The SMILES string of the molecule is NOC(CO)c1ccccc1O. The van der Waals surface area contributed by atoms with Crippen LogP contribution < -0.4 is 5.90 Å². The average molecular weight is 169 g/mol. The largest absolute Gasteiger partial charge is 0.508 e. The minimum absolute atomic E-state index is 0.0713. The molecule has 0 radical (unpaired) electrons. The predicted octanol–water partition coefficient (Wildman–Crippen LogP) is 0.316. The molecule has 0 saturated heterocycles. The van der Waals surface area contributed by atoms with Crippen molar-refractivity contribution in [2.24, 2.45) is 5.90 Å². The van der Waals surface area contributed by atoms with Crippen LogP contribution in [0.2, 0.25) is 0 Å². The molecule has 4 nitrogen and oxygen atoms in total. The van der Waals surface area contributed by atoms with Crippen LogP contribution in [0.15, 0.2) is 24.3 Å². The second-order valence-corrected chi connectivity index (χ2v) is 2.37. The number of aliphatic hydroxyl groups excluding tert-OH is 1. The molecular weight excluding hydrogens is 158 g/mol. The van der Waals surface area contributed by atoms with Gasteiger partial charge in [0.15, 0.2) is 0 Å². The molecule has 0 amide bonds. The first-order valence-corrected chi connectivity index (χ1v) is 3.54. The minimum atomic E-state index is -0.661. The van der Waals surface area contributed by atoms with E-state index < -0.39 is 6.10 Å². The number of phenolic OH excluding ortho intramolecular Hbond substituents is 1. The summed E-state index contributed by atoms with van der Waals surface area (Å²) in [6.07, 6.45) is -0.661. The molecule has 0 bridgehead atoms. The van der Waals surface area contributed by atoms with Crippen molar-refractivity contribution in [3.63, 3.8) is 0 Å². The molecule has 1 rings (SSSR count). The van der Waals surface area contributed by atoms with E-state index in [1.54, 1.807) is 18.2 Å². The van der Waals surface area contributed by atoms with Crippen LogP contribution in [-0.2, 0) is 4.84 Å². The van der Waals surface area contributed by atoms with Crippen LogP contribution in [0.3, 0.4) is 0 Å². The topological polar surface area (TPSA) is 75.7 Å². The Morgan fingerprint density at radius 2 is 2.08 bits per heavy atom. The Kier molecular flexibility index (Phi) is 3.04. The lowest BCUT2D eigenvalue weighted by atomic mass is 10.1. The van der Waals surface area contributed by atoms with Crippen LogP contribution in [0, 0.1) is 0 Å². The van der Waals surface area contributed by atoms with Crippen molar-refractivity contribution in [1.29, 1.82) is 0 Å². The molecule has 0 fully saturated rings. The molecule has 4 heteroatoms. The summed E-state index contributed by atoms with van der Waals surface area (Å²) in [7, 11) is 0. The third-order valence-electron chi connectivity index (χ3n) is 1.61. The normalized spacial score (nSPS) is 12.8. The number of nitrogens with two attached hydrogens (primary N) is 1. The number of aliphatic hydroxyl groups is 1. The first-order valence-electron chi connectivity index (χ1n) is 3.54. The van der Waals surface area contributed by atoms with E-state index in [0.29, 0.717) is 5.56 Å². The zero-order valence-electron chi connectivity index (χ0n) is 6.47. The van der Waals surface area contributed by atoms with E-state index in [9.17, 15) is 5.11 Å². The van der Waals surface area contributed by atoms with Gasteiger partial charge < -0.3 is 10.2 Å². The maximum Gasteiger partial charge on any atom is 0.130 e. The van der Waals surface area contributed by atoms with Gasteiger partial charge in [0.05, 0.1) is 6.61 Å². The Morgan fingerprint density at radius 1 is 1.42 bits per heavy atom. The molecule has 0 aliphatic carbocycles. The number of hydrogen-bond acceptors (Lipinski definition) is 4. The lowest BCUT2D eigenvalue weighted by molar-refractivity contribution is 0.00950. The van der Waals surface area contributed by atoms with Crippen LogP contribution >= 0.6 is 0 Å². The van der Waals surface area contributed by atoms with Crippen LogP contribution in [0.1, 0.15) is 11.7 Å². The zero-order chi connectivity index (χ0) is 8.97. The Bertz CT molecular complexity index is 248. The maximum atomic E-state index is 9.30. The van der Waals surface area contributed by atoms with Crippen molar-refractivity contribution in [2.45, 2.75) is 6.10 Å². The lowest BCUT2D eigenvalue weighted by Crippen LogP contribution is -2.13.